The lowest BCUT2D eigenvalue weighted by Gasteiger charge is -2.17. The Morgan fingerprint density at radius 3 is 2.64 bits per heavy atom. The molecule has 3 aromatic rings. The van der Waals surface area contributed by atoms with Crippen molar-refractivity contribution in [2.45, 2.75) is 25.2 Å². The van der Waals surface area contributed by atoms with Crippen LogP contribution in [0.3, 0.4) is 0 Å². The van der Waals surface area contributed by atoms with Gasteiger partial charge in [-0.1, -0.05) is 23.8 Å². The Balaban J connectivity index is 1.64. The van der Waals surface area contributed by atoms with Gasteiger partial charge in [0, 0.05) is 12.2 Å². The molecule has 1 amide bonds. The third-order valence-corrected chi connectivity index (χ3v) is 6.37. The van der Waals surface area contributed by atoms with Gasteiger partial charge in [-0.25, -0.2) is 8.42 Å². The van der Waals surface area contributed by atoms with Crippen molar-refractivity contribution in [1.29, 1.82) is 0 Å². The van der Waals surface area contributed by atoms with Crippen molar-refractivity contribution in [2.75, 3.05) is 16.2 Å². The standard InChI is InChI=1S/C21H20N2O4S/c1-14-5-8-20(15(2)12-14)28(25,26)22-17-7-6-16-9-10-23(18(16)13-17)21(24)19-4-3-11-27-19/h3-8,11-13,22H,9-10H2,1-2H3. The van der Waals surface area contributed by atoms with Gasteiger partial charge in [0.15, 0.2) is 5.76 Å². The van der Waals surface area contributed by atoms with Crippen molar-refractivity contribution in [3.63, 3.8) is 0 Å². The first-order valence-corrected chi connectivity index (χ1v) is 10.4. The molecule has 0 saturated heterocycles. The number of anilines is 2. The molecule has 0 unspecified atom stereocenters. The van der Waals surface area contributed by atoms with E-state index in [0.29, 0.717) is 29.9 Å². The van der Waals surface area contributed by atoms with E-state index < -0.39 is 10.0 Å². The van der Waals surface area contributed by atoms with Crippen LogP contribution >= 0.6 is 0 Å². The van der Waals surface area contributed by atoms with Crippen molar-refractivity contribution in [3.05, 3.63) is 77.2 Å². The Labute approximate surface area is 163 Å². The predicted octanol–water partition coefficient (Wildman–Crippen LogP) is 3.90. The Hall–Kier alpha value is -3.06. The van der Waals surface area contributed by atoms with Gasteiger partial charge in [-0.15, -0.1) is 0 Å². The monoisotopic (exact) mass is 396 g/mol. The Bertz CT molecular complexity index is 1150. The molecule has 2 heterocycles. The highest BCUT2D eigenvalue weighted by atomic mass is 32.2. The second-order valence-corrected chi connectivity index (χ2v) is 8.55. The minimum atomic E-state index is -3.73. The number of sulfonamides is 1. The second-order valence-electron chi connectivity index (χ2n) is 6.90. The zero-order chi connectivity index (χ0) is 19.9. The molecule has 4 rings (SSSR count). The largest absolute Gasteiger partial charge is 0.459 e. The number of nitrogens with one attached hydrogen (secondary N) is 1. The number of furan rings is 1. The second kappa shape index (κ2) is 6.83. The number of nitrogens with zero attached hydrogens (tertiary/aromatic N) is 1. The van der Waals surface area contributed by atoms with Crippen LogP contribution in [0.1, 0.15) is 27.2 Å². The van der Waals surface area contributed by atoms with E-state index >= 15 is 0 Å². The summed E-state index contributed by atoms with van der Waals surface area (Å²) in [5.74, 6) is 0.0206. The topological polar surface area (TPSA) is 79.6 Å². The van der Waals surface area contributed by atoms with Gasteiger partial charge in [0.25, 0.3) is 15.9 Å². The first-order valence-electron chi connectivity index (χ1n) is 8.93. The van der Waals surface area contributed by atoms with Gasteiger partial charge in [-0.3, -0.25) is 9.52 Å². The van der Waals surface area contributed by atoms with Crippen molar-refractivity contribution in [1.82, 2.24) is 0 Å². The maximum absolute atomic E-state index is 12.8. The quantitative estimate of drug-likeness (QED) is 0.725. The van der Waals surface area contributed by atoms with Crippen LogP contribution in [0.4, 0.5) is 11.4 Å². The van der Waals surface area contributed by atoms with E-state index in [2.05, 4.69) is 4.72 Å². The summed E-state index contributed by atoms with van der Waals surface area (Å²) >= 11 is 0. The van der Waals surface area contributed by atoms with Gasteiger partial charge in [0.2, 0.25) is 0 Å². The lowest BCUT2D eigenvalue weighted by Crippen LogP contribution is -2.28. The lowest BCUT2D eigenvalue weighted by molar-refractivity contribution is 0.0963. The summed E-state index contributed by atoms with van der Waals surface area (Å²) in [4.78, 5) is 14.5. The number of carbonyl (C=O) groups excluding carboxylic acids is 1. The van der Waals surface area contributed by atoms with E-state index in [0.717, 1.165) is 11.1 Å². The molecular formula is C21H20N2O4S. The smallest absolute Gasteiger partial charge is 0.293 e. The number of benzene rings is 2. The first-order chi connectivity index (χ1) is 13.3. The molecule has 1 aliphatic heterocycles. The molecule has 0 fully saturated rings. The highest BCUT2D eigenvalue weighted by Gasteiger charge is 2.28. The van der Waals surface area contributed by atoms with Gasteiger partial charge < -0.3 is 9.32 Å². The zero-order valence-corrected chi connectivity index (χ0v) is 16.4. The molecule has 1 N–H and O–H groups in total. The average molecular weight is 396 g/mol. The fourth-order valence-corrected chi connectivity index (χ4v) is 4.78. The third kappa shape index (κ3) is 3.29. The number of hydrogen-bond acceptors (Lipinski definition) is 4. The van der Waals surface area contributed by atoms with Crippen molar-refractivity contribution in [3.8, 4) is 0 Å². The van der Waals surface area contributed by atoms with E-state index in [4.69, 9.17) is 4.42 Å². The molecule has 6 nitrogen and oxygen atoms in total. The van der Waals surface area contributed by atoms with E-state index in [9.17, 15) is 13.2 Å². The summed E-state index contributed by atoms with van der Waals surface area (Å²) in [6, 6.07) is 13.8. The summed E-state index contributed by atoms with van der Waals surface area (Å²) in [5, 5.41) is 0. The number of rotatable bonds is 4. The van der Waals surface area contributed by atoms with Gasteiger partial charge in [0.1, 0.15) is 0 Å². The Morgan fingerprint density at radius 2 is 1.93 bits per heavy atom. The van der Waals surface area contributed by atoms with Crippen molar-refractivity contribution < 1.29 is 17.6 Å². The average Bonchev–Trinajstić information content (AvgIpc) is 3.30. The molecule has 0 spiro atoms. The minimum Gasteiger partial charge on any atom is -0.459 e. The number of hydrogen-bond donors (Lipinski definition) is 1. The summed E-state index contributed by atoms with van der Waals surface area (Å²) in [5.41, 5.74) is 3.79. The zero-order valence-electron chi connectivity index (χ0n) is 15.6. The molecule has 1 aliphatic rings. The molecule has 0 bridgehead atoms. The third-order valence-electron chi connectivity index (χ3n) is 4.83. The van der Waals surface area contributed by atoms with Crippen LogP contribution in [0.25, 0.3) is 0 Å². The fraction of sp³-hybridized carbons (Fsp3) is 0.190. The number of fused-ring (bicyclic) bond motifs is 1. The van der Waals surface area contributed by atoms with Crippen LogP contribution in [0.5, 0.6) is 0 Å². The Morgan fingerprint density at radius 1 is 1.11 bits per heavy atom. The SMILES string of the molecule is Cc1ccc(S(=O)(=O)Nc2ccc3c(c2)N(C(=O)c2ccco2)CC3)c(C)c1. The minimum absolute atomic E-state index is 0.238. The molecule has 2 aromatic carbocycles. The van der Waals surface area contributed by atoms with Gasteiger partial charge >= 0.3 is 0 Å². The van der Waals surface area contributed by atoms with Crippen LogP contribution in [0.15, 0.2) is 64.1 Å². The van der Waals surface area contributed by atoms with E-state index in [-0.39, 0.29) is 16.6 Å². The summed E-state index contributed by atoms with van der Waals surface area (Å²) < 4.78 is 33.5. The van der Waals surface area contributed by atoms with Crippen LogP contribution in [0, 0.1) is 13.8 Å². The molecule has 0 saturated carbocycles. The van der Waals surface area contributed by atoms with Gasteiger partial charge in [-0.05, 0) is 61.7 Å². The normalized spacial score (nSPS) is 13.4. The molecule has 1 aromatic heterocycles. The lowest BCUT2D eigenvalue weighted by atomic mass is 10.1. The molecule has 0 radical (unpaired) electrons. The fourth-order valence-electron chi connectivity index (χ4n) is 3.50. The van der Waals surface area contributed by atoms with Crippen molar-refractivity contribution >= 4 is 27.3 Å². The Kier molecular flexibility index (Phi) is 4.47. The van der Waals surface area contributed by atoms with Crippen LogP contribution < -0.4 is 9.62 Å². The maximum atomic E-state index is 12.8. The number of aryl methyl sites for hydroxylation is 2. The molecule has 0 aliphatic carbocycles. The van der Waals surface area contributed by atoms with Gasteiger partial charge in [0.05, 0.1) is 16.8 Å². The van der Waals surface area contributed by atoms with Crippen LogP contribution in [0.2, 0.25) is 0 Å². The maximum Gasteiger partial charge on any atom is 0.293 e. The van der Waals surface area contributed by atoms with Crippen LogP contribution in [-0.4, -0.2) is 20.9 Å². The summed E-state index contributed by atoms with van der Waals surface area (Å²) in [6.45, 7) is 4.22. The van der Waals surface area contributed by atoms with Crippen LogP contribution in [-0.2, 0) is 16.4 Å². The molecule has 0 atom stereocenters. The highest BCUT2D eigenvalue weighted by Crippen LogP contribution is 2.33. The van der Waals surface area contributed by atoms with E-state index in [1.54, 1.807) is 48.2 Å². The van der Waals surface area contributed by atoms with Gasteiger partial charge in [-0.2, -0.15) is 0 Å². The van der Waals surface area contributed by atoms with Crippen molar-refractivity contribution in [2.24, 2.45) is 0 Å². The molecule has 144 valence electrons. The number of carbonyl (C=O) groups is 1. The highest BCUT2D eigenvalue weighted by molar-refractivity contribution is 7.92. The van der Waals surface area contributed by atoms with E-state index in [1.807, 2.05) is 19.1 Å². The molecular weight excluding hydrogens is 376 g/mol. The molecule has 28 heavy (non-hydrogen) atoms. The summed E-state index contributed by atoms with van der Waals surface area (Å²) in [7, 11) is -3.73. The van der Waals surface area contributed by atoms with E-state index in [1.165, 1.54) is 6.26 Å². The predicted molar refractivity (Wildman–Crippen MR) is 107 cm³/mol. The molecule has 7 heteroatoms. The summed E-state index contributed by atoms with van der Waals surface area (Å²) in [6.07, 6.45) is 2.17. The first kappa shape index (κ1) is 18.3. The number of amides is 1.